The molecule has 0 atom stereocenters. The molecule has 0 saturated heterocycles. The van der Waals surface area contributed by atoms with E-state index in [0.29, 0.717) is 16.2 Å². The van der Waals surface area contributed by atoms with Crippen LogP contribution in [-0.2, 0) is 6.18 Å². The number of hydrogen-bond donors (Lipinski definition) is 4. The van der Waals surface area contributed by atoms with Crippen LogP contribution in [0.1, 0.15) is 11.5 Å². The number of nitrogens with one attached hydrogen (secondary N) is 4. The molecule has 14 nitrogen and oxygen atoms in total. The van der Waals surface area contributed by atoms with Crippen molar-refractivity contribution in [3.8, 4) is 22.8 Å². The van der Waals surface area contributed by atoms with Crippen LogP contribution in [0.25, 0.3) is 33.8 Å². The quantitative estimate of drug-likeness (QED) is 0.226. The normalized spacial score (nSPS) is 11.7. The molecule has 0 spiro atoms. The molecule has 218 valence electrons. The monoisotopic (exact) mass is 596 g/mol. The van der Waals surface area contributed by atoms with Gasteiger partial charge in [-0.05, 0) is 31.2 Å². The summed E-state index contributed by atoms with van der Waals surface area (Å²) in [5.74, 6) is -0.330. The molecule has 18 heteroatoms. The Kier molecular flexibility index (Phi) is 6.17. The van der Waals surface area contributed by atoms with Crippen molar-refractivity contribution in [3.05, 3.63) is 104 Å². The fourth-order valence-corrected chi connectivity index (χ4v) is 4.43. The number of carbonyl (C=O) groups excluding carboxylic acids is 1. The van der Waals surface area contributed by atoms with E-state index in [0.717, 1.165) is 6.07 Å². The van der Waals surface area contributed by atoms with E-state index in [9.17, 15) is 36.7 Å². The molecule has 0 saturated carbocycles. The number of aromatic amines is 3. The van der Waals surface area contributed by atoms with Crippen molar-refractivity contribution in [3.63, 3.8) is 0 Å². The van der Waals surface area contributed by atoms with Gasteiger partial charge in [0.25, 0.3) is 5.56 Å². The number of alkyl halides is 3. The predicted octanol–water partition coefficient (Wildman–Crippen LogP) is 2.69. The minimum absolute atomic E-state index is 0.0108. The Morgan fingerprint density at radius 2 is 1.81 bits per heavy atom. The standard InChI is InChI=1S/C25H16F4N10O4/c1-11-30-7-8-37(11)13-5-6-16(15(26)10-13)31-23(42)38-21(40)18-17(32-24(38)43)19(25(27,28)29)36-39(18)14-4-2-3-12(9-14)20-33-22(41)35-34-20/h2-10H,1H3,(H,31,42)(H,32,43)(H2,33,34,35,41). The number of benzene rings is 2. The Hall–Kier alpha value is -6.07. The van der Waals surface area contributed by atoms with Gasteiger partial charge in [-0.2, -0.15) is 27.9 Å². The molecule has 0 bridgehead atoms. The highest BCUT2D eigenvalue weighted by Crippen LogP contribution is 2.33. The number of imidazole rings is 1. The van der Waals surface area contributed by atoms with Crippen molar-refractivity contribution in [2.45, 2.75) is 13.1 Å². The topological polar surface area (TPSA) is 181 Å². The van der Waals surface area contributed by atoms with E-state index in [1.807, 2.05) is 4.98 Å². The molecule has 2 aromatic carbocycles. The van der Waals surface area contributed by atoms with Crippen LogP contribution >= 0.6 is 0 Å². The molecular weight excluding hydrogens is 580 g/mol. The molecule has 0 aliphatic carbocycles. The Morgan fingerprint density at radius 3 is 2.47 bits per heavy atom. The first kappa shape index (κ1) is 27.1. The van der Waals surface area contributed by atoms with Crippen molar-refractivity contribution in [2.75, 3.05) is 5.32 Å². The lowest BCUT2D eigenvalue weighted by molar-refractivity contribution is -0.140. The molecule has 4 heterocycles. The number of H-pyrrole nitrogens is 3. The zero-order valence-corrected chi connectivity index (χ0v) is 21.5. The van der Waals surface area contributed by atoms with Crippen molar-refractivity contribution in [1.29, 1.82) is 0 Å². The summed E-state index contributed by atoms with van der Waals surface area (Å²) in [6.07, 6.45) is -2.03. The molecule has 0 fully saturated rings. The van der Waals surface area contributed by atoms with Crippen molar-refractivity contribution in [1.82, 2.24) is 44.1 Å². The summed E-state index contributed by atoms with van der Waals surface area (Å²) >= 11 is 0. The van der Waals surface area contributed by atoms with Crippen LogP contribution in [0.5, 0.6) is 0 Å². The highest BCUT2D eigenvalue weighted by Gasteiger charge is 2.39. The first-order valence-electron chi connectivity index (χ1n) is 12.1. The van der Waals surface area contributed by atoms with Gasteiger partial charge in [-0.1, -0.05) is 12.1 Å². The average molecular weight is 596 g/mol. The van der Waals surface area contributed by atoms with Gasteiger partial charge in [0.15, 0.2) is 17.0 Å². The minimum Gasteiger partial charge on any atom is -0.304 e. The molecule has 0 aliphatic heterocycles. The molecule has 1 amide bonds. The van der Waals surface area contributed by atoms with Crippen LogP contribution in [0, 0.1) is 12.7 Å². The second-order valence-electron chi connectivity index (χ2n) is 9.07. The summed E-state index contributed by atoms with van der Waals surface area (Å²) in [6, 6.07) is 7.69. The van der Waals surface area contributed by atoms with Gasteiger partial charge in [-0.25, -0.2) is 33.5 Å². The molecular formula is C25H16F4N10O4. The van der Waals surface area contributed by atoms with Gasteiger partial charge in [0, 0.05) is 29.7 Å². The highest BCUT2D eigenvalue weighted by atomic mass is 19.4. The minimum atomic E-state index is -5.11. The Morgan fingerprint density at radius 1 is 1.02 bits per heavy atom. The van der Waals surface area contributed by atoms with Crippen LogP contribution in [-0.4, -0.2) is 50.1 Å². The summed E-state index contributed by atoms with van der Waals surface area (Å²) < 4.78 is 58.8. The third-order valence-electron chi connectivity index (χ3n) is 6.36. The number of hydrogen-bond acceptors (Lipinski definition) is 7. The number of aryl methyl sites for hydroxylation is 1. The largest absolute Gasteiger partial charge is 0.437 e. The van der Waals surface area contributed by atoms with Crippen LogP contribution < -0.4 is 22.3 Å². The first-order valence-corrected chi connectivity index (χ1v) is 12.1. The van der Waals surface area contributed by atoms with E-state index in [-0.39, 0.29) is 21.6 Å². The van der Waals surface area contributed by atoms with E-state index >= 15 is 0 Å². The average Bonchev–Trinajstić information content (AvgIpc) is 3.68. The molecule has 0 radical (unpaired) electrons. The zero-order valence-electron chi connectivity index (χ0n) is 21.5. The van der Waals surface area contributed by atoms with Gasteiger partial charge in [0.1, 0.15) is 17.2 Å². The highest BCUT2D eigenvalue weighted by molar-refractivity contribution is 5.92. The van der Waals surface area contributed by atoms with E-state index in [2.05, 4.69) is 30.6 Å². The van der Waals surface area contributed by atoms with Crippen molar-refractivity contribution >= 4 is 22.8 Å². The predicted molar refractivity (Wildman–Crippen MR) is 142 cm³/mol. The number of rotatable bonds is 4. The Bertz CT molecular complexity index is 2240. The number of nitrogens with zero attached hydrogens (tertiary/aromatic N) is 6. The van der Waals surface area contributed by atoms with Gasteiger partial charge in [0.05, 0.1) is 11.4 Å². The lowest BCUT2D eigenvalue weighted by atomic mass is 10.2. The second-order valence-corrected chi connectivity index (χ2v) is 9.07. The van der Waals surface area contributed by atoms with Gasteiger partial charge >= 0.3 is 23.6 Å². The Labute approximate surface area is 234 Å². The number of anilines is 1. The van der Waals surface area contributed by atoms with Gasteiger partial charge in [-0.3, -0.25) is 9.78 Å². The number of carbonyl (C=O) groups is 1. The van der Waals surface area contributed by atoms with Crippen LogP contribution in [0.15, 0.2) is 69.2 Å². The molecule has 6 rings (SSSR count). The van der Waals surface area contributed by atoms with E-state index in [1.165, 1.54) is 42.6 Å². The molecule has 4 aromatic heterocycles. The lowest BCUT2D eigenvalue weighted by Gasteiger charge is -2.11. The maximum Gasteiger partial charge on any atom is 0.437 e. The van der Waals surface area contributed by atoms with Crippen LogP contribution in [0.4, 0.5) is 28.0 Å². The molecule has 0 aliphatic rings. The van der Waals surface area contributed by atoms with E-state index < -0.39 is 57.4 Å². The number of aromatic nitrogens is 9. The first-order chi connectivity index (χ1) is 20.4. The van der Waals surface area contributed by atoms with Crippen molar-refractivity contribution < 1.29 is 22.4 Å². The number of amides is 1. The van der Waals surface area contributed by atoms with Gasteiger partial charge < -0.3 is 14.9 Å². The zero-order chi connectivity index (χ0) is 30.6. The van der Waals surface area contributed by atoms with Gasteiger partial charge in [-0.15, -0.1) is 0 Å². The Balaban J connectivity index is 1.46. The van der Waals surface area contributed by atoms with Crippen LogP contribution in [0.3, 0.4) is 0 Å². The summed E-state index contributed by atoms with van der Waals surface area (Å²) in [4.78, 5) is 59.1. The maximum absolute atomic E-state index is 14.9. The fraction of sp³-hybridized carbons (Fsp3) is 0.0800. The summed E-state index contributed by atoms with van der Waals surface area (Å²) in [7, 11) is 0. The van der Waals surface area contributed by atoms with E-state index in [4.69, 9.17) is 0 Å². The second kappa shape index (κ2) is 9.79. The third kappa shape index (κ3) is 4.69. The molecule has 43 heavy (non-hydrogen) atoms. The lowest BCUT2D eigenvalue weighted by Crippen LogP contribution is -2.42. The van der Waals surface area contributed by atoms with Gasteiger partial charge in [0.2, 0.25) is 0 Å². The smallest absolute Gasteiger partial charge is 0.304 e. The van der Waals surface area contributed by atoms with Crippen LogP contribution in [0.2, 0.25) is 0 Å². The third-order valence-corrected chi connectivity index (χ3v) is 6.36. The maximum atomic E-state index is 14.9. The summed E-state index contributed by atoms with van der Waals surface area (Å²) in [6.45, 7) is 1.69. The molecule has 4 N–H and O–H groups in total. The molecule has 6 aromatic rings. The number of fused-ring (bicyclic) bond motifs is 1. The fourth-order valence-electron chi connectivity index (χ4n) is 4.43. The summed E-state index contributed by atoms with van der Waals surface area (Å²) in [5.41, 5.74) is -6.92. The SMILES string of the molecule is Cc1nccn1-c1ccc(NC(=O)n2c(=O)[nH]c3c(C(F)(F)F)nn(-c4cccc(-c5n[nH]c(=O)[nH]5)c4)c3c2=O)c(F)c1. The molecule has 0 unspecified atom stereocenters. The van der Waals surface area contributed by atoms with E-state index in [1.54, 1.807) is 17.7 Å². The summed E-state index contributed by atoms with van der Waals surface area (Å²) in [5, 5.41) is 11.5. The van der Waals surface area contributed by atoms with Crippen molar-refractivity contribution in [2.24, 2.45) is 0 Å². The number of halogens is 4.